The quantitative estimate of drug-likeness (QED) is 0.823. The summed E-state index contributed by atoms with van der Waals surface area (Å²) in [6, 6.07) is 9.39. The van der Waals surface area contributed by atoms with E-state index in [2.05, 4.69) is 48.4 Å². The fourth-order valence-electron chi connectivity index (χ4n) is 2.75. The standard InChI is InChI=1S/C16H20N2/c1-11-3-6-15(17-9-11)14-5-4-13-7-12(2)10-18-16(13)8-14/h4-5,7-8,10-11,15,17H,3,6,9H2,1-2H3/t11-,15+/m0/s1. The zero-order valence-electron chi connectivity index (χ0n) is 11.1. The van der Waals surface area contributed by atoms with Crippen LogP contribution in [0.25, 0.3) is 10.9 Å². The molecular formula is C16H20N2. The van der Waals surface area contributed by atoms with Crippen LogP contribution in [0.1, 0.15) is 36.9 Å². The monoisotopic (exact) mass is 240 g/mol. The van der Waals surface area contributed by atoms with Crippen molar-refractivity contribution in [3.05, 3.63) is 41.6 Å². The molecule has 0 bridgehead atoms. The Morgan fingerprint density at radius 2 is 2.11 bits per heavy atom. The summed E-state index contributed by atoms with van der Waals surface area (Å²) in [5.74, 6) is 0.808. The van der Waals surface area contributed by atoms with E-state index >= 15 is 0 Å². The van der Waals surface area contributed by atoms with Crippen LogP contribution < -0.4 is 5.32 Å². The van der Waals surface area contributed by atoms with Crippen LogP contribution in [0, 0.1) is 12.8 Å². The van der Waals surface area contributed by atoms with Crippen LogP contribution in [0.2, 0.25) is 0 Å². The molecule has 2 heterocycles. The molecule has 1 fully saturated rings. The van der Waals surface area contributed by atoms with Gasteiger partial charge in [0.25, 0.3) is 0 Å². The maximum absolute atomic E-state index is 4.52. The Kier molecular flexibility index (Phi) is 3.04. The number of rotatable bonds is 1. The van der Waals surface area contributed by atoms with E-state index in [0.29, 0.717) is 6.04 Å². The zero-order valence-corrected chi connectivity index (χ0v) is 11.1. The zero-order chi connectivity index (χ0) is 12.5. The van der Waals surface area contributed by atoms with Crippen LogP contribution in [0.5, 0.6) is 0 Å². The summed E-state index contributed by atoms with van der Waals surface area (Å²) in [4.78, 5) is 4.52. The molecule has 0 spiro atoms. The third-order valence-electron chi connectivity index (χ3n) is 3.91. The Morgan fingerprint density at radius 1 is 1.22 bits per heavy atom. The van der Waals surface area contributed by atoms with Crippen molar-refractivity contribution >= 4 is 10.9 Å². The normalized spacial score (nSPS) is 24.3. The van der Waals surface area contributed by atoms with Crippen molar-refractivity contribution in [2.75, 3.05) is 6.54 Å². The van der Waals surface area contributed by atoms with Gasteiger partial charge in [0.15, 0.2) is 0 Å². The highest BCUT2D eigenvalue weighted by atomic mass is 14.9. The van der Waals surface area contributed by atoms with E-state index in [1.807, 2.05) is 6.20 Å². The van der Waals surface area contributed by atoms with Crippen molar-refractivity contribution in [1.29, 1.82) is 0 Å². The molecule has 0 amide bonds. The fraction of sp³-hybridized carbons (Fsp3) is 0.438. The number of benzene rings is 1. The average molecular weight is 240 g/mol. The number of hydrogen-bond donors (Lipinski definition) is 1. The molecule has 2 heteroatoms. The third kappa shape index (κ3) is 2.25. The second kappa shape index (κ2) is 4.69. The molecule has 2 atom stereocenters. The van der Waals surface area contributed by atoms with Gasteiger partial charge in [-0.15, -0.1) is 0 Å². The van der Waals surface area contributed by atoms with Crippen LogP contribution in [0.3, 0.4) is 0 Å². The smallest absolute Gasteiger partial charge is 0.0705 e. The van der Waals surface area contributed by atoms with Gasteiger partial charge in [0.2, 0.25) is 0 Å². The van der Waals surface area contributed by atoms with Gasteiger partial charge < -0.3 is 5.32 Å². The van der Waals surface area contributed by atoms with Gasteiger partial charge in [0, 0.05) is 17.6 Å². The summed E-state index contributed by atoms with van der Waals surface area (Å²) in [6.07, 6.45) is 4.50. The molecule has 18 heavy (non-hydrogen) atoms. The first-order valence-corrected chi connectivity index (χ1v) is 6.82. The summed E-state index contributed by atoms with van der Waals surface area (Å²) < 4.78 is 0. The van der Waals surface area contributed by atoms with Gasteiger partial charge in [0.1, 0.15) is 0 Å². The minimum absolute atomic E-state index is 0.508. The number of piperidine rings is 1. The second-order valence-electron chi connectivity index (χ2n) is 5.61. The van der Waals surface area contributed by atoms with Crippen molar-refractivity contribution in [2.45, 2.75) is 32.7 Å². The largest absolute Gasteiger partial charge is 0.310 e. The number of pyridine rings is 1. The number of fused-ring (bicyclic) bond motifs is 1. The third-order valence-corrected chi connectivity index (χ3v) is 3.91. The minimum atomic E-state index is 0.508. The molecule has 1 aliphatic heterocycles. The van der Waals surface area contributed by atoms with Gasteiger partial charge in [0.05, 0.1) is 5.52 Å². The lowest BCUT2D eigenvalue weighted by molar-refractivity contribution is 0.333. The van der Waals surface area contributed by atoms with Crippen molar-refractivity contribution in [3.8, 4) is 0 Å². The number of aromatic nitrogens is 1. The van der Waals surface area contributed by atoms with Crippen molar-refractivity contribution < 1.29 is 0 Å². The van der Waals surface area contributed by atoms with E-state index in [0.717, 1.165) is 18.0 Å². The molecule has 0 aliphatic carbocycles. The molecule has 1 aliphatic rings. The van der Waals surface area contributed by atoms with E-state index in [9.17, 15) is 0 Å². The van der Waals surface area contributed by atoms with E-state index in [1.54, 1.807) is 0 Å². The summed E-state index contributed by atoms with van der Waals surface area (Å²) in [5.41, 5.74) is 3.71. The molecule has 1 N–H and O–H groups in total. The Labute approximate surface area is 108 Å². The maximum atomic E-state index is 4.52. The lowest BCUT2D eigenvalue weighted by Crippen LogP contribution is -2.31. The van der Waals surface area contributed by atoms with Gasteiger partial charge >= 0.3 is 0 Å². The molecule has 1 aromatic heterocycles. The van der Waals surface area contributed by atoms with Crippen molar-refractivity contribution in [2.24, 2.45) is 5.92 Å². The molecule has 2 nitrogen and oxygen atoms in total. The van der Waals surface area contributed by atoms with Crippen LogP contribution in [0.15, 0.2) is 30.5 Å². The molecule has 2 aromatic rings. The molecule has 0 saturated carbocycles. The lowest BCUT2D eigenvalue weighted by Gasteiger charge is -2.28. The molecule has 0 radical (unpaired) electrons. The second-order valence-corrected chi connectivity index (χ2v) is 5.61. The fourth-order valence-corrected chi connectivity index (χ4v) is 2.75. The molecule has 0 unspecified atom stereocenters. The molecular weight excluding hydrogens is 220 g/mol. The minimum Gasteiger partial charge on any atom is -0.310 e. The lowest BCUT2D eigenvalue weighted by atomic mass is 9.91. The number of hydrogen-bond acceptors (Lipinski definition) is 2. The number of nitrogens with one attached hydrogen (secondary N) is 1. The van der Waals surface area contributed by atoms with E-state index < -0.39 is 0 Å². The topological polar surface area (TPSA) is 24.9 Å². The highest BCUT2D eigenvalue weighted by Gasteiger charge is 2.18. The number of aryl methyl sites for hydroxylation is 1. The van der Waals surface area contributed by atoms with Crippen LogP contribution in [-0.2, 0) is 0 Å². The molecule has 1 saturated heterocycles. The predicted octanol–water partition coefficient (Wildman–Crippen LogP) is 3.60. The Balaban J connectivity index is 1.91. The van der Waals surface area contributed by atoms with Crippen molar-refractivity contribution in [1.82, 2.24) is 10.3 Å². The van der Waals surface area contributed by atoms with Gasteiger partial charge in [-0.2, -0.15) is 0 Å². The summed E-state index contributed by atoms with van der Waals surface area (Å²) in [6.45, 7) is 5.53. The number of nitrogens with zero attached hydrogens (tertiary/aromatic N) is 1. The van der Waals surface area contributed by atoms with Gasteiger partial charge in [-0.05, 0) is 55.5 Å². The van der Waals surface area contributed by atoms with Crippen LogP contribution in [0.4, 0.5) is 0 Å². The highest BCUT2D eigenvalue weighted by Crippen LogP contribution is 2.27. The first kappa shape index (κ1) is 11.7. The van der Waals surface area contributed by atoms with E-state index in [-0.39, 0.29) is 0 Å². The summed E-state index contributed by atoms with van der Waals surface area (Å²) in [5, 5.41) is 4.87. The van der Waals surface area contributed by atoms with Crippen LogP contribution in [-0.4, -0.2) is 11.5 Å². The summed E-state index contributed by atoms with van der Waals surface area (Å²) in [7, 11) is 0. The molecule has 3 rings (SSSR count). The van der Waals surface area contributed by atoms with Gasteiger partial charge in [-0.25, -0.2) is 0 Å². The summed E-state index contributed by atoms with van der Waals surface area (Å²) >= 11 is 0. The van der Waals surface area contributed by atoms with E-state index in [1.165, 1.54) is 29.4 Å². The van der Waals surface area contributed by atoms with Crippen molar-refractivity contribution in [3.63, 3.8) is 0 Å². The first-order chi connectivity index (χ1) is 8.72. The van der Waals surface area contributed by atoms with Crippen LogP contribution >= 0.6 is 0 Å². The average Bonchev–Trinajstić information content (AvgIpc) is 2.39. The first-order valence-electron chi connectivity index (χ1n) is 6.82. The van der Waals surface area contributed by atoms with E-state index in [4.69, 9.17) is 0 Å². The Bertz CT molecular complexity index is 554. The SMILES string of the molecule is Cc1cnc2cc([C@H]3CC[C@H](C)CN3)ccc2c1. The predicted molar refractivity (Wildman–Crippen MR) is 75.6 cm³/mol. The van der Waals surface area contributed by atoms with Gasteiger partial charge in [-0.3, -0.25) is 4.98 Å². The molecule has 94 valence electrons. The maximum Gasteiger partial charge on any atom is 0.0705 e. The Hall–Kier alpha value is -1.41. The molecule has 1 aromatic carbocycles. The van der Waals surface area contributed by atoms with Gasteiger partial charge in [-0.1, -0.05) is 19.1 Å². The highest BCUT2D eigenvalue weighted by molar-refractivity contribution is 5.79. The Morgan fingerprint density at radius 3 is 2.89 bits per heavy atom.